The summed E-state index contributed by atoms with van der Waals surface area (Å²) in [4.78, 5) is 5.54. The van der Waals surface area contributed by atoms with Crippen LogP contribution in [0.1, 0.15) is 10.6 Å². The molecule has 3 nitrogen and oxygen atoms in total. The number of thiazole rings is 1. The number of rotatable bonds is 4. The average Bonchev–Trinajstić information content (AvgIpc) is 2.98. The number of para-hydroxylation sites is 1. The summed E-state index contributed by atoms with van der Waals surface area (Å²) in [6.45, 7) is 2.03. The number of aromatic nitrogens is 1. The summed E-state index contributed by atoms with van der Waals surface area (Å²) in [5, 5.41) is 20.3. The van der Waals surface area contributed by atoms with E-state index in [1.807, 2.05) is 55.5 Å². The van der Waals surface area contributed by atoms with E-state index in [9.17, 15) is 10.4 Å². The van der Waals surface area contributed by atoms with Gasteiger partial charge in [0.25, 0.3) is 0 Å². The fraction of sp³-hybridized carbons (Fsp3) is 0.111. The zero-order valence-electron chi connectivity index (χ0n) is 12.5. The van der Waals surface area contributed by atoms with Crippen molar-refractivity contribution in [1.29, 1.82) is 5.26 Å². The highest BCUT2D eigenvalue weighted by Crippen LogP contribution is 2.30. The van der Waals surface area contributed by atoms with E-state index >= 15 is 0 Å². The van der Waals surface area contributed by atoms with Gasteiger partial charge in [-0.1, -0.05) is 30.3 Å². The standard InChI is InChI=1S/C18H14N2OS2/c1-12-6-2-4-8-16(12)22-11-15(21)13(10-19)18-20-14-7-3-5-9-17(14)23-18/h2-9,21H,11H2,1H3. The summed E-state index contributed by atoms with van der Waals surface area (Å²) in [5.74, 6) is 0.420. The van der Waals surface area contributed by atoms with Crippen molar-refractivity contribution in [3.8, 4) is 6.07 Å². The van der Waals surface area contributed by atoms with E-state index in [0.717, 1.165) is 20.7 Å². The van der Waals surface area contributed by atoms with Gasteiger partial charge in [0.15, 0.2) is 0 Å². The van der Waals surface area contributed by atoms with Gasteiger partial charge in [0, 0.05) is 4.90 Å². The van der Waals surface area contributed by atoms with Crippen molar-refractivity contribution in [1.82, 2.24) is 4.98 Å². The quantitative estimate of drug-likeness (QED) is 0.404. The Morgan fingerprint density at radius 3 is 2.70 bits per heavy atom. The van der Waals surface area contributed by atoms with Crippen LogP contribution in [0.3, 0.4) is 0 Å². The first-order chi connectivity index (χ1) is 11.2. The zero-order valence-corrected chi connectivity index (χ0v) is 14.1. The first kappa shape index (κ1) is 15.6. The number of nitriles is 1. The Hall–Kier alpha value is -2.29. The van der Waals surface area contributed by atoms with Gasteiger partial charge in [0.1, 0.15) is 22.4 Å². The van der Waals surface area contributed by atoms with E-state index in [2.05, 4.69) is 11.1 Å². The Morgan fingerprint density at radius 1 is 1.22 bits per heavy atom. The van der Waals surface area contributed by atoms with Crippen molar-refractivity contribution < 1.29 is 5.11 Å². The minimum absolute atomic E-state index is 0.0693. The largest absolute Gasteiger partial charge is 0.510 e. The molecule has 0 saturated carbocycles. The second kappa shape index (κ2) is 6.86. The summed E-state index contributed by atoms with van der Waals surface area (Å²) in [5.41, 5.74) is 2.26. The monoisotopic (exact) mass is 338 g/mol. The molecule has 3 rings (SSSR count). The van der Waals surface area contributed by atoms with E-state index in [1.165, 1.54) is 23.1 Å². The lowest BCUT2D eigenvalue weighted by molar-refractivity contribution is 0.421. The molecule has 0 unspecified atom stereocenters. The Morgan fingerprint density at radius 2 is 1.96 bits per heavy atom. The van der Waals surface area contributed by atoms with Gasteiger partial charge in [-0.25, -0.2) is 4.98 Å². The molecule has 3 aromatic rings. The van der Waals surface area contributed by atoms with Crippen LogP contribution >= 0.6 is 23.1 Å². The van der Waals surface area contributed by atoms with Gasteiger partial charge in [0.05, 0.1) is 16.0 Å². The van der Waals surface area contributed by atoms with Crippen LogP contribution in [-0.2, 0) is 0 Å². The number of aliphatic hydroxyl groups excluding tert-OH is 1. The Labute approximate surface area is 142 Å². The van der Waals surface area contributed by atoms with Crippen LogP contribution in [0.4, 0.5) is 0 Å². The van der Waals surface area contributed by atoms with Crippen molar-refractivity contribution in [3.05, 3.63) is 64.9 Å². The molecule has 0 saturated heterocycles. The summed E-state index contributed by atoms with van der Waals surface area (Å²) in [6.07, 6.45) is 0. The fourth-order valence-electron chi connectivity index (χ4n) is 2.15. The fourth-order valence-corrected chi connectivity index (χ4v) is 4.04. The molecule has 0 aliphatic heterocycles. The molecular weight excluding hydrogens is 324 g/mol. The molecule has 0 bridgehead atoms. The number of hydrogen-bond acceptors (Lipinski definition) is 5. The van der Waals surface area contributed by atoms with Gasteiger partial charge in [0.2, 0.25) is 0 Å². The number of hydrogen-bond donors (Lipinski definition) is 1. The van der Waals surface area contributed by atoms with E-state index in [-0.39, 0.29) is 11.3 Å². The van der Waals surface area contributed by atoms with Gasteiger partial charge < -0.3 is 5.11 Å². The first-order valence-corrected chi connectivity index (χ1v) is 8.86. The van der Waals surface area contributed by atoms with Crippen LogP contribution in [-0.4, -0.2) is 15.8 Å². The molecule has 0 radical (unpaired) electrons. The van der Waals surface area contributed by atoms with Gasteiger partial charge in [-0.15, -0.1) is 23.1 Å². The molecular formula is C18H14N2OS2. The van der Waals surface area contributed by atoms with Crippen molar-refractivity contribution >= 4 is 38.9 Å². The van der Waals surface area contributed by atoms with Crippen LogP contribution in [0.15, 0.2) is 59.2 Å². The summed E-state index contributed by atoms with van der Waals surface area (Å²) < 4.78 is 1.01. The minimum Gasteiger partial charge on any atom is -0.510 e. The molecule has 0 aliphatic carbocycles. The first-order valence-electron chi connectivity index (χ1n) is 7.05. The highest BCUT2D eigenvalue weighted by atomic mass is 32.2. The molecule has 5 heteroatoms. The van der Waals surface area contributed by atoms with Crippen molar-refractivity contribution in [3.63, 3.8) is 0 Å². The zero-order chi connectivity index (χ0) is 16.2. The van der Waals surface area contributed by atoms with Gasteiger partial charge in [-0.2, -0.15) is 5.26 Å². The van der Waals surface area contributed by atoms with Crippen LogP contribution in [0.5, 0.6) is 0 Å². The highest BCUT2D eigenvalue weighted by Gasteiger charge is 2.14. The molecule has 0 fully saturated rings. The minimum atomic E-state index is 0.0693. The Kier molecular flexibility index (Phi) is 4.65. The third-order valence-electron chi connectivity index (χ3n) is 3.37. The molecule has 1 aromatic heterocycles. The smallest absolute Gasteiger partial charge is 0.138 e. The Balaban J connectivity index is 1.87. The number of aryl methyl sites for hydroxylation is 1. The molecule has 114 valence electrons. The van der Waals surface area contributed by atoms with Crippen LogP contribution in [0.2, 0.25) is 0 Å². The van der Waals surface area contributed by atoms with Crippen LogP contribution < -0.4 is 0 Å². The number of benzene rings is 2. The summed E-state index contributed by atoms with van der Waals surface area (Å²) >= 11 is 2.94. The molecule has 2 aromatic carbocycles. The van der Waals surface area contributed by atoms with Crippen LogP contribution in [0, 0.1) is 18.3 Å². The second-order valence-corrected chi connectivity index (χ2v) is 7.02. The highest BCUT2D eigenvalue weighted by molar-refractivity contribution is 7.99. The lowest BCUT2D eigenvalue weighted by Crippen LogP contribution is -1.93. The maximum atomic E-state index is 10.3. The van der Waals surface area contributed by atoms with Crippen LogP contribution in [0.25, 0.3) is 15.8 Å². The summed E-state index contributed by atoms with van der Waals surface area (Å²) in [6, 6.07) is 17.8. The molecule has 1 heterocycles. The lowest BCUT2D eigenvalue weighted by atomic mass is 10.2. The number of thioether (sulfide) groups is 1. The molecule has 23 heavy (non-hydrogen) atoms. The predicted molar refractivity (Wildman–Crippen MR) is 96.7 cm³/mol. The Bertz CT molecular complexity index is 889. The lowest BCUT2D eigenvalue weighted by Gasteiger charge is -2.05. The third kappa shape index (κ3) is 3.39. The normalized spacial score (nSPS) is 12.0. The molecule has 1 N–H and O–H groups in total. The number of aliphatic hydroxyl groups is 1. The maximum Gasteiger partial charge on any atom is 0.138 e. The van der Waals surface area contributed by atoms with Crippen molar-refractivity contribution in [2.24, 2.45) is 0 Å². The SMILES string of the molecule is Cc1ccccc1SCC(O)=C(C#N)c1nc2ccccc2s1. The number of nitrogens with zero attached hydrogens (tertiary/aromatic N) is 2. The van der Waals surface area contributed by atoms with E-state index in [4.69, 9.17) is 0 Å². The van der Waals surface area contributed by atoms with E-state index in [1.54, 1.807) is 0 Å². The molecule has 0 amide bonds. The summed E-state index contributed by atoms with van der Waals surface area (Å²) in [7, 11) is 0. The molecule has 0 aliphatic rings. The van der Waals surface area contributed by atoms with Gasteiger partial charge in [-0.05, 0) is 30.7 Å². The maximum absolute atomic E-state index is 10.3. The molecule has 0 atom stereocenters. The number of allylic oxidation sites excluding steroid dienone is 1. The van der Waals surface area contributed by atoms with E-state index < -0.39 is 0 Å². The van der Waals surface area contributed by atoms with Crippen molar-refractivity contribution in [2.75, 3.05) is 5.75 Å². The third-order valence-corrected chi connectivity index (χ3v) is 5.61. The van der Waals surface area contributed by atoms with Gasteiger partial charge in [-0.3, -0.25) is 0 Å². The topological polar surface area (TPSA) is 56.9 Å². The average molecular weight is 338 g/mol. The number of fused-ring (bicyclic) bond motifs is 1. The van der Waals surface area contributed by atoms with Gasteiger partial charge >= 0.3 is 0 Å². The predicted octanol–water partition coefficient (Wildman–Crippen LogP) is 5.19. The van der Waals surface area contributed by atoms with Crippen molar-refractivity contribution in [2.45, 2.75) is 11.8 Å². The molecule has 0 spiro atoms. The second-order valence-electron chi connectivity index (χ2n) is 4.97. The van der Waals surface area contributed by atoms with E-state index in [0.29, 0.717) is 10.8 Å².